The Kier molecular flexibility index (Phi) is 6.15. The van der Waals surface area contributed by atoms with Crippen LogP contribution < -0.4 is 4.74 Å². The third-order valence-electron chi connectivity index (χ3n) is 3.62. The molecule has 7 heteroatoms. The number of allylic oxidation sites excluding steroid dienone is 1. The van der Waals surface area contributed by atoms with E-state index in [1.807, 2.05) is 0 Å². The summed E-state index contributed by atoms with van der Waals surface area (Å²) in [5.74, 6) is -1.71. The number of rotatable bonds is 8. The number of carbonyl (C=O) groups excluding carboxylic acids is 2. The summed E-state index contributed by atoms with van der Waals surface area (Å²) in [5, 5.41) is 21.8. The number of para-hydroxylation sites is 1. The van der Waals surface area contributed by atoms with E-state index in [1.165, 1.54) is 39.2 Å². The Hall–Kier alpha value is -2.54. The van der Waals surface area contributed by atoms with E-state index in [1.54, 1.807) is 0 Å². The molecule has 0 saturated heterocycles. The largest absolute Gasteiger partial charge is 0.490 e. The summed E-state index contributed by atoms with van der Waals surface area (Å²) in [6, 6.07) is 4.24. The zero-order valence-corrected chi connectivity index (χ0v) is 13.2. The van der Waals surface area contributed by atoms with E-state index in [4.69, 9.17) is 4.74 Å². The van der Waals surface area contributed by atoms with E-state index in [0.717, 1.165) is 0 Å². The summed E-state index contributed by atoms with van der Waals surface area (Å²) in [7, 11) is 1.28. The monoisotopic (exact) mass is 321 g/mol. The highest BCUT2D eigenvalue weighted by molar-refractivity contribution is 5.93. The molecule has 0 aromatic heterocycles. The Morgan fingerprint density at radius 1 is 1.39 bits per heavy atom. The lowest BCUT2D eigenvalue weighted by Gasteiger charge is -2.21. The number of hydrogen-bond donors (Lipinski definition) is 1. The minimum absolute atomic E-state index is 0.0146. The maximum atomic E-state index is 11.8. The van der Waals surface area contributed by atoms with Gasteiger partial charge in [0.2, 0.25) is 0 Å². The fourth-order valence-electron chi connectivity index (χ4n) is 2.24. The van der Waals surface area contributed by atoms with Crippen molar-refractivity contribution in [2.75, 3.05) is 7.11 Å². The van der Waals surface area contributed by atoms with Crippen molar-refractivity contribution >= 4 is 17.3 Å². The Balaban J connectivity index is 3.31. The van der Waals surface area contributed by atoms with Crippen LogP contribution in [0.1, 0.15) is 31.9 Å². The number of methoxy groups -OCH3 is 1. The number of aliphatic hydroxyl groups excluding tert-OH is 1. The van der Waals surface area contributed by atoms with Gasteiger partial charge < -0.3 is 9.84 Å². The molecule has 0 fully saturated rings. The Labute approximate surface area is 133 Å². The molecule has 1 aromatic rings. The van der Waals surface area contributed by atoms with Crippen LogP contribution in [0.25, 0.3) is 0 Å². The van der Waals surface area contributed by atoms with Crippen LogP contribution in [-0.4, -0.2) is 28.7 Å². The SMILES string of the molecule is C=C(CC(C(C)=O)C(O)c1cccc(OC)c1[N+](=O)[O-])C(C)=O. The van der Waals surface area contributed by atoms with Crippen LogP contribution in [0, 0.1) is 16.0 Å². The van der Waals surface area contributed by atoms with Crippen molar-refractivity contribution in [3.05, 3.63) is 46.0 Å². The van der Waals surface area contributed by atoms with Crippen LogP contribution in [0.5, 0.6) is 5.75 Å². The summed E-state index contributed by atoms with van der Waals surface area (Å²) in [5.41, 5.74) is -0.261. The summed E-state index contributed by atoms with van der Waals surface area (Å²) in [6.07, 6.45) is -1.51. The normalized spacial score (nSPS) is 13.0. The fourth-order valence-corrected chi connectivity index (χ4v) is 2.24. The van der Waals surface area contributed by atoms with Crippen molar-refractivity contribution in [3.8, 4) is 5.75 Å². The van der Waals surface area contributed by atoms with Gasteiger partial charge in [0.05, 0.1) is 29.6 Å². The van der Waals surface area contributed by atoms with Gasteiger partial charge in [-0.2, -0.15) is 0 Å². The molecular formula is C16H19NO6. The smallest absolute Gasteiger partial charge is 0.316 e. The first kappa shape index (κ1) is 18.5. The lowest BCUT2D eigenvalue weighted by atomic mass is 9.86. The van der Waals surface area contributed by atoms with Crippen LogP contribution >= 0.6 is 0 Å². The number of benzene rings is 1. The first-order valence-corrected chi connectivity index (χ1v) is 6.89. The lowest BCUT2D eigenvalue weighted by Crippen LogP contribution is -2.22. The van der Waals surface area contributed by atoms with Gasteiger partial charge in [-0.1, -0.05) is 12.6 Å². The molecular weight excluding hydrogens is 302 g/mol. The highest BCUT2D eigenvalue weighted by Gasteiger charge is 2.33. The standard InChI is InChI=1S/C16H19NO6/c1-9(10(2)18)8-13(11(3)19)16(20)12-6-5-7-14(23-4)15(12)17(21)22/h5-7,13,16,20H,1,8H2,2-4H3. The van der Waals surface area contributed by atoms with Crippen molar-refractivity contribution in [3.63, 3.8) is 0 Å². The van der Waals surface area contributed by atoms with Gasteiger partial charge in [-0.05, 0) is 38.0 Å². The van der Waals surface area contributed by atoms with E-state index in [9.17, 15) is 24.8 Å². The molecule has 0 aliphatic heterocycles. The molecule has 7 nitrogen and oxygen atoms in total. The average molecular weight is 321 g/mol. The predicted octanol–water partition coefficient (Wildman–Crippen LogP) is 2.38. The number of aliphatic hydroxyl groups is 1. The molecule has 0 amide bonds. The molecule has 0 radical (unpaired) electrons. The van der Waals surface area contributed by atoms with Crippen molar-refractivity contribution in [2.45, 2.75) is 26.4 Å². The first-order valence-electron chi connectivity index (χ1n) is 6.89. The van der Waals surface area contributed by atoms with Crippen LogP contribution in [-0.2, 0) is 9.59 Å². The van der Waals surface area contributed by atoms with E-state index in [0.29, 0.717) is 0 Å². The van der Waals surface area contributed by atoms with Gasteiger partial charge in [0.15, 0.2) is 11.5 Å². The lowest BCUT2D eigenvalue weighted by molar-refractivity contribution is -0.387. The highest BCUT2D eigenvalue weighted by Crippen LogP contribution is 2.38. The molecule has 0 spiro atoms. The van der Waals surface area contributed by atoms with E-state index in [-0.39, 0.29) is 29.1 Å². The molecule has 1 rings (SSSR count). The molecule has 2 atom stereocenters. The number of nitrogens with zero attached hydrogens (tertiary/aromatic N) is 1. The van der Waals surface area contributed by atoms with Crippen molar-refractivity contribution in [1.29, 1.82) is 0 Å². The third kappa shape index (κ3) is 4.23. The number of Topliss-reactive ketones (excluding diaryl/α,β-unsaturated/α-hetero) is 2. The van der Waals surface area contributed by atoms with Gasteiger partial charge in [0.25, 0.3) is 0 Å². The van der Waals surface area contributed by atoms with Crippen molar-refractivity contribution in [1.82, 2.24) is 0 Å². The van der Waals surface area contributed by atoms with E-state index < -0.39 is 28.4 Å². The average Bonchev–Trinajstić information content (AvgIpc) is 2.50. The minimum atomic E-state index is -1.45. The fraction of sp³-hybridized carbons (Fsp3) is 0.375. The molecule has 1 N–H and O–H groups in total. The number of nitro benzene ring substituents is 1. The number of hydrogen-bond acceptors (Lipinski definition) is 6. The maximum absolute atomic E-state index is 11.8. The summed E-state index contributed by atoms with van der Waals surface area (Å²) < 4.78 is 4.95. The van der Waals surface area contributed by atoms with Crippen LogP contribution in [0.15, 0.2) is 30.4 Å². The number of ketones is 2. The molecule has 0 aliphatic carbocycles. The van der Waals surface area contributed by atoms with Gasteiger partial charge in [0.1, 0.15) is 5.78 Å². The van der Waals surface area contributed by atoms with Gasteiger partial charge in [0, 0.05) is 0 Å². The van der Waals surface area contributed by atoms with Crippen LogP contribution in [0.2, 0.25) is 0 Å². The Bertz CT molecular complexity index is 652. The zero-order valence-electron chi connectivity index (χ0n) is 13.2. The summed E-state index contributed by atoms with van der Waals surface area (Å²) >= 11 is 0. The second-order valence-electron chi connectivity index (χ2n) is 5.18. The molecule has 124 valence electrons. The molecule has 0 aliphatic rings. The van der Waals surface area contributed by atoms with E-state index >= 15 is 0 Å². The number of carbonyl (C=O) groups is 2. The Morgan fingerprint density at radius 2 is 2.00 bits per heavy atom. The summed E-state index contributed by atoms with van der Waals surface area (Å²) in [4.78, 5) is 33.8. The van der Waals surface area contributed by atoms with Gasteiger partial charge in [-0.15, -0.1) is 0 Å². The van der Waals surface area contributed by atoms with Crippen molar-refractivity contribution < 1.29 is 24.4 Å². The van der Waals surface area contributed by atoms with Crippen LogP contribution in [0.3, 0.4) is 0 Å². The second-order valence-corrected chi connectivity index (χ2v) is 5.18. The minimum Gasteiger partial charge on any atom is -0.490 e. The topological polar surface area (TPSA) is 107 Å². The Morgan fingerprint density at radius 3 is 2.43 bits per heavy atom. The highest BCUT2D eigenvalue weighted by atomic mass is 16.6. The van der Waals surface area contributed by atoms with Crippen LogP contribution in [0.4, 0.5) is 5.69 Å². The zero-order chi connectivity index (χ0) is 17.7. The predicted molar refractivity (Wildman–Crippen MR) is 83.2 cm³/mol. The molecule has 0 heterocycles. The second kappa shape index (κ2) is 7.64. The molecule has 23 heavy (non-hydrogen) atoms. The quantitative estimate of drug-likeness (QED) is 0.447. The van der Waals surface area contributed by atoms with Crippen molar-refractivity contribution in [2.24, 2.45) is 5.92 Å². The molecule has 0 saturated carbocycles. The van der Waals surface area contributed by atoms with E-state index in [2.05, 4.69) is 6.58 Å². The first-order chi connectivity index (χ1) is 10.7. The molecule has 1 aromatic carbocycles. The number of ether oxygens (including phenoxy) is 1. The van der Waals surface area contributed by atoms with Gasteiger partial charge in [-0.3, -0.25) is 19.7 Å². The molecule has 2 unspecified atom stereocenters. The van der Waals surface area contributed by atoms with Gasteiger partial charge >= 0.3 is 5.69 Å². The van der Waals surface area contributed by atoms with Gasteiger partial charge in [-0.25, -0.2) is 0 Å². The maximum Gasteiger partial charge on any atom is 0.316 e. The molecule has 0 bridgehead atoms. The third-order valence-corrected chi connectivity index (χ3v) is 3.62. The summed E-state index contributed by atoms with van der Waals surface area (Å²) in [6.45, 7) is 6.14. The number of nitro groups is 1.